The molecule has 0 aromatic heterocycles. The standard InChI is InChI=1S/C13H24N2O3/c16-7-2-6-15(11-3-1-4-11)13(17)9-12-10-14-5-8-18-12/h11-12,14,16H,1-10H2. The molecule has 5 heteroatoms. The molecule has 5 nitrogen and oxygen atoms in total. The summed E-state index contributed by atoms with van der Waals surface area (Å²) in [5.41, 5.74) is 0. The lowest BCUT2D eigenvalue weighted by molar-refractivity contribution is -0.139. The number of amides is 1. The van der Waals surface area contributed by atoms with Gasteiger partial charge in [-0.3, -0.25) is 4.79 Å². The third-order valence-electron chi connectivity index (χ3n) is 3.80. The van der Waals surface area contributed by atoms with E-state index in [-0.39, 0.29) is 18.6 Å². The van der Waals surface area contributed by atoms with E-state index in [9.17, 15) is 4.79 Å². The van der Waals surface area contributed by atoms with Crippen molar-refractivity contribution in [1.29, 1.82) is 0 Å². The molecule has 1 saturated carbocycles. The van der Waals surface area contributed by atoms with Crippen molar-refractivity contribution in [3.05, 3.63) is 0 Å². The highest BCUT2D eigenvalue weighted by Gasteiger charge is 2.30. The molecule has 0 aromatic rings. The maximum atomic E-state index is 12.3. The van der Waals surface area contributed by atoms with E-state index in [1.54, 1.807) is 0 Å². The molecule has 2 rings (SSSR count). The first-order valence-corrected chi connectivity index (χ1v) is 7.04. The number of hydrogen-bond acceptors (Lipinski definition) is 4. The average Bonchev–Trinajstić information content (AvgIpc) is 2.33. The van der Waals surface area contributed by atoms with Gasteiger partial charge >= 0.3 is 0 Å². The van der Waals surface area contributed by atoms with E-state index in [1.165, 1.54) is 6.42 Å². The molecular weight excluding hydrogens is 232 g/mol. The van der Waals surface area contributed by atoms with Gasteiger partial charge in [0.25, 0.3) is 0 Å². The number of carbonyl (C=O) groups is 1. The molecule has 0 radical (unpaired) electrons. The molecule has 0 spiro atoms. The fraction of sp³-hybridized carbons (Fsp3) is 0.923. The normalized spacial score (nSPS) is 24.6. The zero-order valence-electron chi connectivity index (χ0n) is 10.9. The van der Waals surface area contributed by atoms with E-state index in [4.69, 9.17) is 9.84 Å². The summed E-state index contributed by atoms with van der Waals surface area (Å²) in [5.74, 6) is 0.182. The Morgan fingerprint density at radius 3 is 2.83 bits per heavy atom. The number of rotatable bonds is 6. The zero-order chi connectivity index (χ0) is 12.8. The van der Waals surface area contributed by atoms with Crippen molar-refractivity contribution in [2.75, 3.05) is 32.8 Å². The van der Waals surface area contributed by atoms with Crippen molar-refractivity contribution in [1.82, 2.24) is 10.2 Å². The van der Waals surface area contributed by atoms with E-state index >= 15 is 0 Å². The lowest BCUT2D eigenvalue weighted by Gasteiger charge is -2.38. The molecule has 1 heterocycles. The molecule has 0 bridgehead atoms. The number of carbonyl (C=O) groups excluding carboxylic acids is 1. The number of ether oxygens (including phenoxy) is 1. The van der Waals surface area contributed by atoms with Crippen LogP contribution in [-0.2, 0) is 9.53 Å². The highest BCUT2D eigenvalue weighted by atomic mass is 16.5. The third kappa shape index (κ3) is 3.67. The predicted molar refractivity (Wildman–Crippen MR) is 68.3 cm³/mol. The van der Waals surface area contributed by atoms with Crippen LogP contribution in [0, 0.1) is 0 Å². The Hall–Kier alpha value is -0.650. The van der Waals surface area contributed by atoms with Crippen molar-refractivity contribution in [2.45, 2.75) is 44.2 Å². The minimum Gasteiger partial charge on any atom is -0.396 e. The minimum atomic E-state index is 0.0166. The Kier molecular flexibility index (Phi) is 5.41. The van der Waals surface area contributed by atoms with Crippen molar-refractivity contribution in [3.63, 3.8) is 0 Å². The van der Waals surface area contributed by atoms with Crippen LogP contribution in [0.25, 0.3) is 0 Å². The van der Waals surface area contributed by atoms with Gasteiger partial charge in [-0.15, -0.1) is 0 Å². The van der Waals surface area contributed by atoms with Crippen molar-refractivity contribution in [3.8, 4) is 0 Å². The molecule has 1 amide bonds. The van der Waals surface area contributed by atoms with Crippen LogP contribution in [0.3, 0.4) is 0 Å². The molecule has 1 unspecified atom stereocenters. The zero-order valence-corrected chi connectivity index (χ0v) is 10.9. The summed E-state index contributed by atoms with van der Waals surface area (Å²) in [6.07, 6.45) is 4.60. The molecule has 1 aliphatic carbocycles. The van der Waals surface area contributed by atoms with E-state index in [0.717, 1.165) is 25.9 Å². The molecule has 0 aromatic carbocycles. The molecule has 2 aliphatic rings. The SMILES string of the molecule is O=C(CC1CNCCO1)N(CCCO)C1CCC1. The van der Waals surface area contributed by atoms with Crippen molar-refractivity contribution < 1.29 is 14.6 Å². The molecule has 104 valence electrons. The second-order valence-electron chi connectivity index (χ2n) is 5.15. The maximum Gasteiger partial charge on any atom is 0.225 e. The smallest absolute Gasteiger partial charge is 0.225 e. The quantitative estimate of drug-likeness (QED) is 0.709. The number of nitrogens with one attached hydrogen (secondary N) is 1. The molecule has 2 N–H and O–H groups in total. The predicted octanol–water partition coefficient (Wildman–Crippen LogP) is 0.128. The van der Waals surface area contributed by atoms with Gasteiger partial charge in [0.05, 0.1) is 19.1 Å². The topological polar surface area (TPSA) is 61.8 Å². The molecule has 2 fully saturated rings. The van der Waals surface area contributed by atoms with Crippen LogP contribution in [-0.4, -0.2) is 60.9 Å². The number of aliphatic hydroxyl groups excluding tert-OH is 1. The highest BCUT2D eigenvalue weighted by Crippen LogP contribution is 2.26. The van der Waals surface area contributed by atoms with Gasteiger partial charge in [0.1, 0.15) is 0 Å². The van der Waals surface area contributed by atoms with Crippen LogP contribution >= 0.6 is 0 Å². The van der Waals surface area contributed by atoms with Crippen LogP contribution in [0.2, 0.25) is 0 Å². The Morgan fingerprint density at radius 1 is 1.44 bits per heavy atom. The lowest BCUT2D eigenvalue weighted by atomic mass is 9.91. The maximum absolute atomic E-state index is 12.3. The van der Waals surface area contributed by atoms with Gasteiger partial charge in [-0.1, -0.05) is 0 Å². The first-order valence-electron chi connectivity index (χ1n) is 7.04. The summed E-state index contributed by atoms with van der Waals surface area (Å²) in [4.78, 5) is 14.2. The fourth-order valence-electron chi connectivity index (χ4n) is 2.51. The van der Waals surface area contributed by atoms with Crippen LogP contribution in [0.15, 0.2) is 0 Å². The Morgan fingerprint density at radius 2 is 2.28 bits per heavy atom. The van der Waals surface area contributed by atoms with E-state index in [0.29, 0.717) is 32.0 Å². The van der Waals surface area contributed by atoms with Gasteiger partial charge in [0.15, 0.2) is 0 Å². The summed E-state index contributed by atoms with van der Waals surface area (Å²) >= 11 is 0. The minimum absolute atomic E-state index is 0.0166. The summed E-state index contributed by atoms with van der Waals surface area (Å²) < 4.78 is 5.58. The molecule has 1 aliphatic heterocycles. The number of aliphatic hydroxyl groups is 1. The van der Waals surface area contributed by atoms with Crippen LogP contribution < -0.4 is 5.32 Å². The van der Waals surface area contributed by atoms with E-state index in [2.05, 4.69) is 5.32 Å². The van der Waals surface area contributed by atoms with Gasteiger partial charge in [-0.25, -0.2) is 0 Å². The number of morpholine rings is 1. The summed E-state index contributed by atoms with van der Waals surface area (Å²) in [6, 6.07) is 0.403. The fourth-order valence-corrected chi connectivity index (χ4v) is 2.51. The van der Waals surface area contributed by atoms with Gasteiger partial charge in [0, 0.05) is 32.3 Å². The second kappa shape index (κ2) is 7.07. The Labute approximate surface area is 108 Å². The molecular formula is C13H24N2O3. The van der Waals surface area contributed by atoms with Crippen molar-refractivity contribution in [2.24, 2.45) is 0 Å². The highest BCUT2D eigenvalue weighted by molar-refractivity contribution is 5.77. The van der Waals surface area contributed by atoms with Gasteiger partial charge in [0.2, 0.25) is 5.91 Å². The molecule has 18 heavy (non-hydrogen) atoms. The van der Waals surface area contributed by atoms with Crippen LogP contribution in [0.4, 0.5) is 0 Å². The summed E-state index contributed by atoms with van der Waals surface area (Å²) in [7, 11) is 0. The third-order valence-corrected chi connectivity index (χ3v) is 3.80. The molecule has 1 saturated heterocycles. The first kappa shape index (κ1) is 13.8. The van der Waals surface area contributed by atoms with Gasteiger partial charge in [-0.05, 0) is 25.7 Å². The largest absolute Gasteiger partial charge is 0.396 e. The monoisotopic (exact) mass is 256 g/mol. The van der Waals surface area contributed by atoms with Gasteiger partial charge < -0.3 is 20.1 Å². The first-order chi connectivity index (χ1) is 8.81. The van der Waals surface area contributed by atoms with E-state index in [1.807, 2.05) is 4.90 Å². The summed E-state index contributed by atoms with van der Waals surface area (Å²) in [5, 5.41) is 12.2. The van der Waals surface area contributed by atoms with Crippen molar-refractivity contribution >= 4 is 5.91 Å². The number of hydrogen-bond donors (Lipinski definition) is 2. The average molecular weight is 256 g/mol. The van der Waals surface area contributed by atoms with Gasteiger partial charge in [-0.2, -0.15) is 0 Å². The second-order valence-corrected chi connectivity index (χ2v) is 5.15. The van der Waals surface area contributed by atoms with Crippen LogP contribution in [0.1, 0.15) is 32.1 Å². The number of nitrogens with zero attached hydrogens (tertiary/aromatic N) is 1. The Balaban J connectivity index is 1.81. The van der Waals surface area contributed by atoms with E-state index < -0.39 is 0 Å². The lowest BCUT2D eigenvalue weighted by Crippen LogP contribution is -2.48. The summed E-state index contributed by atoms with van der Waals surface area (Å²) in [6.45, 7) is 3.17. The van der Waals surface area contributed by atoms with Crippen LogP contribution in [0.5, 0.6) is 0 Å². The molecule has 1 atom stereocenters. The Bertz CT molecular complexity index is 263.